The van der Waals surface area contributed by atoms with Gasteiger partial charge in [0.15, 0.2) is 0 Å². The predicted molar refractivity (Wildman–Crippen MR) is 104 cm³/mol. The number of allylic oxidation sites excluding steroid dienone is 2. The molecule has 1 N–H and O–H groups in total. The van der Waals surface area contributed by atoms with Crippen LogP contribution in [0.15, 0.2) is 65.7 Å². The minimum atomic E-state index is -4.70. The van der Waals surface area contributed by atoms with Crippen LogP contribution in [-0.4, -0.2) is 17.3 Å². The van der Waals surface area contributed by atoms with Gasteiger partial charge in [0.25, 0.3) is 0 Å². The molecule has 2 unspecified atom stereocenters. The average molecular weight is 425 g/mol. The van der Waals surface area contributed by atoms with Crippen LogP contribution in [0.2, 0.25) is 0 Å². The maximum absolute atomic E-state index is 12.9. The molecule has 0 aromatic heterocycles. The highest BCUT2D eigenvalue weighted by atomic mass is 35.5. The first-order chi connectivity index (χ1) is 13.5. The molecule has 0 aliphatic heterocycles. The van der Waals surface area contributed by atoms with Gasteiger partial charge >= 0.3 is 12.1 Å². The summed E-state index contributed by atoms with van der Waals surface area (Å²) in [5.74, 6) is -0.847. The van der Waals surface area contributed by atoms with E-state index in [2.05, 4.69) is 0 Å². The lowest BCUT2D eigenvalue weighted by molar-refractivity contribution is -0.145. The third-order valence-corrected chi connectivity index (χ3v) is 6.04. The molecule has 0 radical (unpaired) electrons. The van der Waals surface area contributed by atoms with Crippen molar-refractivity contribution < 1.29 is 27.8 Å². The van der Waals surface area contributed by atoms with Crippen LogP contribution in [0.5, 0.6) is 11.5 Å². The van der Waals surface area contributed by atoms with Crippen molar-refractivity contribution in [2.24, 2.45) is 16.7 Å². The van der Waals surface area contributed by atoms with Crippen molar-refractivity contribution in [2.45, 2.75) is 26.4 Å². The first-order valence-corrected chi connectivity index (χ1v) is 9.36. The Morgan fingerprint density at radius 1 is 1.14 bits per heavy atom. The van der Waals surface area contributed by atoms with E-state index >= 15 is 0 Å². The Kier molecular flexibility index (Phi) is 5.43. The van der Waals surface area contributed by atoms with E-state index in [1.54, 1.807) is 50.2 Å². The summed E-state index contributed by atoms with van der Waals surface area (Å²) < 4.78 is 44.4. The van der Waals surface area contributed by atoms with Gasteiger partial charge < -0.3 is 9.84 Å². The van der Waals surface area contributed by atoms with Gasteiger partial charge in [-0.25, -0.2) is 0 Å². The molecule has 29 heavy (non-hydrogen) atoms. The van der Waals surface area contributed by atoms with Crippen LogP contribution in [0.4, 0.5) is 13.2 Å². The number of carbonyl (C=O) groups is 1. The number of carboxylic acids is 1. The normalized spacial score (nSPS) is 23.5. The van der Waals surface area contributed by atoms with Gasteiger partial charge in [0.1, 0.15) is 16.5 Å². The Hall–Kier alpha value is -2.47. The maximum atomic E-state index is 12.9. The van der Waals surface area contributed by atoms with E-state index in [1.165, 1.54) is 0 Å². The summed E-state index contributed by atoms with van der Waals surface area (Å²) >= 11 is 5.39. The molecule has 1 aliphatic rings. The quantitative estimate of drug-likeness (QED) is 0.581. The topological polar surface area (TPSA) is 46.5 Å². The zero-order chi connectivity index (χ0) is 21.4. The second-order valence-electron chi connectivity index (χ2n) is 7.73. The molecular formula is C22H20ClF3O3. The summed E-state index contributed by atoms with van der Waals surface area (Å²) in [7, 11) is 0. The summed E-state index contributed by atoms with van der Waals surface area (Å²) in [6, 6.07) is 16.0. The van der Waals surface area contributed by atoms with Crippen molar-refractivity contribution in [3.05, 3.63) is 71.3 Å². The number of rotatable bonds is 6. The molecule has 0 heterocycles. The van der Waals surface area contributed by atoms with Gasteiger partial charge in [-0.15, -0.1) is 0 Å². The summed E-state index contributed by atoms with van der Waals surface area (Å²) in [4.78, 5) is 12.1. The summed E-state index contributed by atoms with van der Waals surface area (Å²) in [5.41, 5.74) is -1.61. The highest BCUT2D eigenvalue weighted by molar-refractivity contribution is 6.30. The van der Waals surface area contributed by atoms with Crippen molar-refractivity contribution in [1.29, 1.82) is 0 Å². The molecular weight excluding hydrogens is 405 g/mol. The van der Waals surface area contributed by atoms with Crippen molar-refractivity contribution in [3.63, 3.8) is 0 Å². The van der Waals surface area contributed by atoms with Crippen LogP contribution in [0.3, 0.4) is 0 Å². The smallest absolute Gasteiger partial charge is 0.426 e. The van der Waals surface area contributed by atoms with E-state index in [0.29, 0.717) is 17.1 Å². The molecule has 0 bridgehead atoms. The first kappa shape index (κ1) is 21.2. The Bertz CT molecular complexity index is 938. The molecule has 1 aliphatic carbocycles. The van der Waals surface area contributed by atoms with E-state index in [9.17, 15) is 23.1 Å². The third-order valence-electron chi connectivity index (χ3n) is 5.70. The molecule has 2 aromatic rings. The van der Waals surface area contributed by atoms with Gasteiger partial charge in [-0.3, -0.25) is 4.79 Å². The lowest BCUT2D eigenvalue weighted by Crippen LogP contribution is -2.24. The predicted octanol–water partition coefficient (Wildman–Crippen LogP) is 6.43. The number of ether oxygens (including phenoxy) is 1. The number of aliphatic carboxylic acids is 1. The second-order valence-corrected chi connectivity index (χ2v) is 8.13. The van der Waals surface area contributed by atoms with E-state index in [0.717, 1.165) is 6.08 Å². The number of benzene rings is 2. The van der Waals surface area contributed by atoms with E-state index in [4.69, 9.17) is 16.3 Å². The fourth-order valence-electron chi connectivity index (χ4n) is 3.97. The first-order valence-electron chi connectivity index (χ1n) is 8.98. The Labute approximate surface area is 171 Å². The number of hydrogen-bond donors (Lipinski definition) is 1. The molecule has 3 nitrogen and oxygen atoms in total. The second kappa shape index (κ2) is 7.41. The monoisotopic (exact) mass is 424 g/mol. The van der Waals surface area contributed by atoms with Crippen LogP contribution >= 0.6 is 11.6 Å². The molecule has 2 aromatic carbocycles. The van der Waals surface area contributed by atoms with Gasteiger partial charge in [0.2, 0.25) is 0 Å². The Balaban J connectivity index is 1.88. The van der Waals surface area contributed by atoms with Gasteiger partial charge in [0.05, 0.1) is 5.41 Å². The van der Waals surface area contributed by atoms with Crippen molar-refractivity contribution in [1.82, 2.24) is 0 Å². The van der Waals surface area contributed by atoms with Crippen molar-refractivity contribution >= 4 is 17.6 Å². The largest absolute Gasteiger partial charge is 0.481 e. The molecule has 1 fully saturated rings. The highest BCUT2D eigenvalue weighted by Gasteiger charge is 2.74. The Morgan fingerprint density at radius 3 is 2.34 bits per heavy atom. The molecule has 2 atom stereocenters. The van der Waals surface area contributed by atoms with Crippen LogP contribution < -0.4 is 4.74 Å². The fourth-order valence-corrected chi connectivity index (χ4v) is 4.10. The zero-order valence-electron chi connectivity index (χ0n) is 15.8. The van der Waals surface area contributed by atoms with Gasteiger partial charge in [-0.1, -0.05) is 61.9 Å². The number of carboxylic acid groups (broad SMARTS) is 1. The number of hydrogen-bond acceptors (Lipinski definition) is 2. The van der Waals surface area contributed by atoms with E-state index in [-0.39, 0.29) is 6.42 Å². The molecule has 1 saturated carbocycles. The van der Waals surface area contributed by atoms with Crippen LogP contribution in [0, 0.1) is 16.7 Å². The standard InChI is InChI=1S/C22H20ClF3O3/c1-20(2)17(12-18(23)22(24,25)26)21(20,19(27)28)13-14-7-6-10-16(11-14)29-15-8-4-3-5-9-15/h3-12,17H,13H2,1-2H3,(H,27,28)/b18-12-. The Morgan fingerprint density at radius 2 is 1.76 bits per heavy atom. The van der Waals surface area contributed by atoms with E-state index in [1.807, 2.05) is 18.2 Å². The third kappa shape index (κ3) is 3.99. The number of halogens is 4. The van der Waals surface area contributed by atoms with Crippen molar-refractivity contribution in [2.75, 3.05) is 0 Å². The summed E-state index contributed by atoms with van der Waals surface area (Å²) in [5, 5.41) is 8.61. The molecule has 3 rings (SSSR count). The molecule has 154 valence electrons. The van der Waals surface area contributed by atoms with Gasteiger partial charge in [0, 0.05) is 5.92 Å². The van der Waals surface area contributed by atoms with Crippen LogP contribution in [-0.2, 0) is 11.2 Å². The summed E-state index contributed by atoms with van der Waals surface area (Å²) in [6.45, 7) is 3.29. The molecule has 0 saturated heterocycles. The average Bonchev–Trinajstić information content (AvgIpc) is 3.10. The number of alkyl halides is 3. The van der Waals surface area contributed by atoms with Gasteiger partial charge in [-0.2, -0.15) is 13.2 Å². The highest BCUT2D eigenvalue weighted by Crippen LogP contribution is 2.71. The zero-order valence-corrected chi connectivity index (χ0v) is 16.6. The number of para-hydroxylation sites is 1. The molecule has 0 amide bonds. The van der Waals surface area contributed by atoms with Gasteiger partial charge in [-0.05, 0) is 41.7 Å². The van der Waals surface area contributed by atoms with Crippen LogP contribution in [0.1, 0.15) is 19.4 Å². The lowest BCUT2D eigenvalue weighted by Gasteiger charge is -2.16. The minimum absolute atomic E-state index is 0.0600. The lowest BCUT2D eigenvalue weighted by atomic mass is 9.88. The van der Waals surface area contributed by atoms with Crippen LogP contribution in [0.25, 0.3) is 0 Å². The van der Waals surface area contributed by atoms with Crippen molar-refractivity contribution in [3.8, 4) is 11.5 Å². The van der Waals surface area contributed by atoms with E-state index < -0.39 is 33.9 Å². The minimum Gasteiger partial charge on any atom is -0.481 e. The molecule has 7 heteroatoms. The summed E-state index contributed by atoms with van der Waals surface area (Å²) in [6.07, 6.45) is -3.81. The fraction of sp³-hybridized carbons (Fsp3) is 0.318. The molecule has 0 spiro atoms. The SMILES string of the molecule is CC1(C)C(/C=C(\Cl)C(F)(F)F)C1(Cc1cccc(Oc2ccccc2)c1)C(=O)O. The maximum Gasteiger partial charge on any atom is 0.426 e.